The van der Waals surface area contributed by atoms with Crippen LogP contribution in [0.15, 0.2) is 186 Å². The standard InChI is InChI=1S/C47H30N2OS/c1-3-12-31(13-4-1)33-22-24-35(25-23-33)47-48-40-30-42(37-16-7-8-17-38(37)46(40)50-47)49(36-28-26-34(27-29-36)32-14-5-2-6-15-32)41-19-11-21-44-45(41)39-18-9-10-20-43(39)51-44/h1-30H. The molecule has 51 heavy (non-hydrogen) atoms. The number of nitrogens with zero attached hydrogens (tertiary/aromatic N) is 2. The lowest BCUT2D eigenvalue weighted by atomic mass is 10.0. The molecule has 10 aromatic rings. The highest BCUT2D eigenvalue weighted by atomic mass is 32.1. The topological polar surface area (TPSA) is 29.3 Å². The van der Waals surface area contributed by atoms with E-state index in [0.29, 0.717) is 5.89 Å². The number of aromatic nitrogens is 1. The molecule has 4 heteroatoms. The SMILES string of the molecule is c1ccc(-c2ccc(-c3nc4cc(N(c5ccc(-c6ccccc6)cc5)c5cccc6sc7ccccc7c56)c5ccccc5c4o3)cc2)cc1. The van der Waals surface area contributed by atoms with Gasteiger partial charge in [0.05, 0.1) is 11.4 Å². The minimum Gasteiger partial charge on any atom is -0.435 e. The highest BCUT2D eigenvalue weighted by Gasteiger charge is 2.23. The highest BCUT2D eigenvalue weighted by molar-refractivity contribution is 7.26. The summed E-state index contributed by atoms with van der Waals surface area (Å²) in [6.45, 7) is 0. The molecule has 8 aromatic carbocycles. The van der Waals surface area contributed by atoms with Crippen molar-refractivity contribution >= 4 is 70.4 Å². The molecule has 0 N–H and O–H groups in total. The molecule has 0 aliphatic heterocycles. The zero-order valence-electron chi connectivity index (χ0n) is 27.5. The van der Waals surface area contributed by atoms with Gasteiger partial charge in [-0.2, -0.15) is 0 Å². The molecule has 0 unspecified atom stereocenters. The smallest absolute Gasteiger partial charge is 0.227 e. The normalized spacial score (nSPS) is 11.5. The number of thiophene rings is 1. The molecule has 0 spiro atoms. The van der Waals surface area contributed by atoms with Gasteiger partial charge in [-0.1, -0.05) is 133 Å². The zero-order chi connectivity index (χ0) is 33.7. The van der Waals surface area contributed by atoms with Crippen LogP contribution in [0, 0.1) is 0 Å². The van der Waals surface area contributed by atoms with Gasteiger partial charge in [0.25, 0.3) is 0 Å². The largest absolute Gasteiger partial charge is 0.435 e. The lowest BCUT2D eigenvalue weighted by molar-refractivity contribution is 0.623. The van der Waals surface area contributed by atoms with Crippen LogP contribution < -0.4 is 4.90 Å². The van der Waals surface area contributed by atoms with Crippen LogP contribution >= 0.6 is 11.3 Å². The summed E-state index contributed by atoms with van der Waals surface area (Å²) in [5, 5.41) is 4.62. The van der Waals surface area contributed by atoms with Crippen LogP contribution in [-0.4, -0.2) is 4.98 Å². The summed E-state index contributed by atoms with van der Waals surface area (Å²) >= 11 is 1.84. The van der Waals surface area contributed by atoms with E-state index in [1.54, 1.807) is 0 Å². The molecule has 0 bridgehead atoms. The minimum atomic E-state index is 0.608. The summed E-state index contributed by atoms with van der Waals surface area (Å²) in [4.78, 5) is 7.53. The molecular formula is C47H30N2OS. The van der Waals surface area contributed by atoms with Crippen molar-refractivity contribution in [2.24, 2.45) is 0 Å². The number of rotatable bonds is 6. The third kappa shape index (κ3) is 5.08. The van der Waals surface area contributed by atoms with Crippen molar-refractivity contribution in [2.45, 2.75) is 0 Å². The van der Waals surface area contributed by atoms with E-state index in [1.807, 2.05) is 17.4 Å². The van der Waals surface area contributed by atoms with Crippen LogP contribution in [0.25, 0.3) is 75.8 Å². The van der Waals surface area contributed by atoms with Crippen molar-refractivity contribution in [1.29, 1.82) is 0 Å². The Kier molecular flexibility index (Phi) is 7.00. The van der Waals surface area contributed by atoms with Gasteiger partial charge in [-0.3, -0.25) is 0 Å². The Balaban J connectivity index is 1.18. The molecule has 2 aromatic heterocycles. The molecule has 2 heterocycles. The molecule has 0 saturated carbocycles. The van der Waals surface area contributed by atoms with E-state index in [9.17, 15) is 0 Å². The summed E-state index contributed by atoms with van der Waals surface area (Å²) in [6.07, 6.45) is 0. The van der Waals surface area contributed by atoms with Crippen LogP contribution in [0.2, 0.25) is 0 Å². The first kappa shape index (κ1) is 29.4. The molecule has 240 valence electrons. The van der Waals surface area contributed by atoms with Gasteiger partial charge >= 0.3 is 0 Å². The molecule has 3 nitrogen and oxygen atoms in total. The van der Waals surface area contributed by atoms with Crippen molar-refractivity contribution in [3.63, 3.8) is 0 Å². The first-order valence-corrected chi connectivity index (χ1v) is 17.9. The maximum Gasteiger partial charge on any atom is 0.227 e. The van der Waals surface area contributed by atoms with Crippen LogP contribution in [0.4, 0.5) is 17.1 Å². The van der Waals surface area contributed by atoms with Gasteiger partial charge < -0.3 is 9.32 Å². The van der Waals surface area contributed by atoms with E-state index in [-0.39, 0.29) is 0 Å². The lowest BCUT2D eigenvalue weighted by Crippen LogP contribution is -2.11. The number of hydrogen-bond acceptors (Lipinski definition) is 4. The predicted octanol–water partition coefficient (Wildman–Crippen LogP) is 13.8. The molecule has 0 saturated heterocycles. The number of fused-ring (bicyclic) bond motifs is 6. The summed E-state index contributed by atoms with van der Waals surface area (Å²) in [5.41, 5.74) is 10.5. The lowest BCUT2D eigenvalue weighted by Gasteiger charge is -2.28. The van der Waals surface area contributed by atoms with Crippen molar-refractivity contribution in [3.8, 4) is 33.7 Å². The Bertz CT molecular complexity index is 2840. The van der Waals surface area contributed by atoms with Crippen molar-refractivity contribution in [1.82, 2.24) is 4.98 Å². The molecule has 0 amide bonds. The predicted molar refractivity (Wildman–Crippen MR) is 215 cm³/mol. The van der Waals surface area contributed by atoms with Crippen LogP contribution in [0.3, 0.4) is 0 Å². The Labute approximate surface area is 299 Å². The van der Waals surface area contributed by atoms with Crippen LogP contribution in [-0.2, 0) is 0 Å². The van der Waals surface area contributed by atoms with Gasteiger partial charge in [0, 0.05) is 42.2 Å². The van der Waals surface area contributed by atoms with E-state index >= 15 is 0 Å². The van der Waals surface area contributed by atoms with Gasteiger partial charge in [0.15, 0.2) is 5.58 Å². The monoisotopic (exact) mass is 670 g/mol. The van der Waals surface area contributed by atoms with E-state index in [2.05, 4.69) is 181 Å². The number of benzene rings is 8. The average Bonchev–Trinajstić information content (AvgIpc) is 3.82. The highest BCUT2D eigenvalue weighted by Crippen LogP contribution is 2.48. The Morgan fingerprint density at radius 1 is 0.431 bits per heavy atom. The van der Waals surface area contributed by atoms with Crippen LogP contribution in [0.1, 0.15) is 0 Å². The van der Waals surface area contributed by atoms with E-state index in [0.717, 1.165) is 50.1 Å². The first-order chi connectivity index (χ1) is 25.3. The second-order valence-corrected chi connectivity index (χ2v) is 13.8. The van der Waals surface area contributed by atoms with E-state index < -0.39 is 0 Å². The van der Waals surface area contributed by atoms with Gasteiger partial charge in [0.2, 0.25) is 5.89 Å². The van der Waals surface area contributed by atoms with Crippen molar-refractivity contribution in [3.05, 3.63) is 182 Å². The molecular weight excluding hydrogens is 641 g/mol. The Morgan fingerprint density at radius 3 is 1.69 bits per heavy atom. The quantitative estimate of drug-likeness (QED) is 0.176. The number of anilines is 3. The van der Waals surface area contributed by atoms with Gasteiger partial charge in [-0.25, -0.2) is 4.98 Å². The minimum absolute atomic E-state index is 0.608. The molecule has 0 radical (unpaired) electrons. The zero-order valence-corrected chi connectivity index (χ0v) is 28.3. The third-order valence-electron chi connectivity index (χ3n) is 9.71. The number of oxazole rings is 1. The van der Waals surface area contributed by atoms with Crippen LogP contribution in [0.5, 0.6) is 0 Å². The molecule has 10 rings (SSSR count). The Hall–Kier alpha value is -6.49. The van der Waals surface area contributed by atoms with Gasteiger partial charge in [-0.05, 0) is 70.8 Å². The summed E-state index contributed by atoms with van der Waals surface area (Å²) in [5.74, 6) is 0.608. The second-order valence-electron chi connectivity index (χ2n) is 12.7. The van der Waals surface area contributed by atoms with Crippen molar-refractivity contribution < 1.29 is 4.42 Å². The maximum atomic E-state index is 6.61. The molecule has 0 aliphatic rings. The summed E-state index contributed by atoms with van der Waals surface area (Å²) in [7, 11) is 0. The van der Waals surface area contributed by atoms with Gasteiger partial charge in [0.1, 0.15) is 5.52 Å². The van der Waals surface area contributed by atoms with Gasteiger partial charge in [-0.15, -0.1) is 11.3 Å². The number of hydrogen-bond donors (Lipinski definition) is 0. The van der Waals surface area contributed by atoms with E-state index in [1.165, 1.54) is 36.9 Å². The molecule has 0 fully saturated rings. The average molecular weight is 671 g/mol. The fourth-order valence-electron chi connectivity index (χ4n) is 7.26. The Morgan fingerprint density at radius 2 is 0.980 bits per heavy atom. The molecule has 0 atom stereocenters. The maximum absolute atomic E-state index is 6.61. The fraction of sp³-hybridized carbons (Fsp3) is 0. The second kappa shape index (κ2) is 12.1. The first-order valence-electron chi connectivity index (χ1n) is 17.1. The molecule has 0 aliphatic carbocycles. The van der Waals surface area contributed by atoms with Crippen molar-refractivity contribution in [2.75, 3.05) is 4.90 Å². The third-order valence-corrected chi connectivity index (χ3v) is 10.8. The summed E-state index contributed by atoms with van der Waals surface area (Å²) < 4.78 is 9.15. The van der Waals surface area contributed by atoms with E-state index in [4.69, 9.17) is 9.40 Å². The summed E-state index contributed by atoms with van der Waals surface area (Å²) in [6, 6.07) is 64.4. The fourth-order valence-corrected chi connectivity index (χ4v) is 8.39.